The fourth-order valence-corrected chi connectivity index (χ4v) is 1.43. The van der Waals surface area contributed by atoms with Crippen molar-refractivity contribution in [3.63, 3.8) is 0 Å². The Hall–Kier alpha value is -2.09. The highest BCUT2D eigenvalue weighted by Crippen LogP contribution is 2.18. The molecule has 0 radical (unpaired) electrons. The maximum Gasteiger partial charge on any atom is 0.430 e. The monoisotopic (exact) mass is 319 g/mol. The van der Waals surface area contributed by atoms with Crippen LogP contribution in [0.15, 0.2) is 18.2 Å². The van der Waals surface area contributed by atoms with E-state index in [2.05, 4.69) is 10.6 Å². The van der Waals surface area contributed by atoms with Crippen molar-refractivity contribution >= 4 is 17.6 Å². The number of carbonyl (C=O) groups excluding carboxylic acids is 2. The highest BCUT2D eigenvalue weighted by atomic mass is 19.4. The zero-order chi connectivity index (χ0) is 17.3. The molecule has 0 aromatic heterocycles. The van der Waals surface area contributed by atoms with Crippen molar-refractivity contribution < 1.29 is 27.9 Å². The minimum atomic E-state index is -5.19. The van der Waals surface area contributed by atoms with Crippen molar-refractivity contribution in [1.29, 1.82) is 0 Å². The second-order valence-electron chi connectivity index (χ2n) is 4.38. The van der Waals surface area contributed by atoms with Gasteiger partial charge in [0, 0.05) is 5.69 Å². The maximum atomic E-state index is 11.5. The van der Waals surface area contributed by atoms with Gasteiger partial charge in [0.15, 0.2) is 0 Å². The average molecular weight is 319 g/mol. The average Bonchev–Trinajstić information content (AvgIpc) is 2.40. The number of para-hydroxylation sites is 1. The molecule has 8 heteroatoms. The molecule has 2 N–H and O–H groups in total. The molecule has 124 valence electrons. The number of alkyl halides is 3. The largest absolute Gasteiger partial charge is 0.542 e. The molecule has 0 saturated carbocycles. The van der Waals surface area contributed by atoms with Gasteiger partial charge in [-0.3, -0.25) is 4.79 Å². The predicted molar refractivity (Wildman–Crippen MR) is 74.2 cm³/mol. The molecule has 1 aromatic rings. The molecule has 22 heavy (non-hydrogen) atoms. The summed E-state index contributed by atoms with van der Waals surface area (Å²) in [5.41, 5.74) is 3.13. The van der Waals surface area contributed by atoms with E-state index in [-0.39, 0.29) is 5.91 Å². The Morgan fingerprint density at radius 1 is 1.18 bits per heavy atom. The second kappa shape index (κ2) is 9.04. The fourth-order valence-electron chi connectivity index (χ4n) is 1.43. The SMILES string of the molecule is CCNCC(=O)Nc1c(C)cccc1C.O=C([O-])C(F)(F)F. The molecular formula is C14H18F3N2O3-. The van der Waals surface area contributed by atoms with E-state index >= 15 is 0 Å². The first-order valence-electron chi connectivity index (χ1n) is 6.44. The highest BCUT2D eigenvalue weighted by molar-refractivity contribution is 5.93. The van der Waals surface area contributed by atoms with E-state index in [9.17, 15) is 18.0 Å². The van der Waals surface area contributed by atoms with E-state index in [0.717, 1.165) is 23.4 Å². The molecule has 0 atom stereocenters. The van der Waals surface area contributed by atoms with Crippen LogP contribution in [-0.4, -0.2) is 31.1 Å². The van der Waals surface area contributed by atoms with Gasteiger partial charge in [0.05, 0.1) is 6.54 Å². The lowest BCUT2D eigenvalue weighted by molar-refractivity contribution is -0.344. The zero-order valence-electron chi connectivity index (χ0n) is 12.5. The number of hydrogen-bond donors (Lipinski definition) is 2. The van der Waals surface area contributed by atoms with Crippen LogP contribution in [0, 0.1) is 13.8 Å². The predicted octanol–water partition coefficient (Wildman–Crippen LogP) is 1.15. The van der Waals surface area contributed by atoms with E-state index in [0.29, 0.717) is 6.54 Å². The summed E-state index contributed by atoms with van der Waals surface area (Å²) >= 11 is 0. The topological polar surface area (TPSA) is 81.3 Å². The summed E-state index contributed by atoms with van der Waals surface area (Å²) in [4.78, 5) is 20.3. The molecule has 0 unspecified atom stereocenters. The van der Waals surface area contributed by atoms with E-state index in [1.54, 1.807) is 0 Å². The number of benzene rings is 1. The van der Waals surface area contributed by atoms with Crippen molar-refractivity contribution in [2.24, 2.45) is 0 Å². The third kappa shape index (κ3) is 7.63. The van der Waals surface area contributed by atoms with Crippen molar-refractivity contribution in [3.8, 4) is 0 Å². The number of nitrogens with one attached hydrogen (secondary N) is 2. The molecule has 0 heterocycles. The van der Waals surface area contributed by atoms with Gasteiger partial charge in [0.2, 0.25) is 5.91 Å². The van der Waals surface area contributed by atoms with E-state index in [1.165, 1.54) is 0 Å². The van der Waals surface area contributed by atoms with Gasteiger partial charge < -0.3 is 20.5 Å². The lowest BCUT2D eigenvalue weighted by Gasteiger charge is -2.11. The smallest absolute Gasteiger partial charge is 0.430 e. The van der Waals surface area contributed by atoms with Gasteiger partial charge in [0.1, 0.15) is 5.97 Å². The summed E-state index contributed by atoms with van der Waals surface area (Å²) in [6.45, 7) is 7.14. The first kappa shape index (κ1) is 19.9. The Labute approximate surface area is 126 Å². The maximum absolute atomic E-state index is 11.5. The van der Waals surface area contributed by atoms with Gasteiger partial charge in [-0.2, -0.15) is 13.2 Å². The first-order valence-corrected chi connectivity index (χ1v) is 6.44. The Bertz CT molecular complexity index is 496. The molecular weight excluding hydrogens is 301 g/mol. The van der Waals surface area contributed by atoms with Crippen LogP contribution in [0.5, 0.6) is 0 Å². The molecule has 0 spiro atoms. The minimum Gasteiger partial charge on any atom is -0.542 e. The number of amides is 1. The Kier molecular flexibility index (Phi) is 8.18. The molecule has 1 amide bonds. The van der Waals surface area contributed by atoms with Gasteiger partial charge in [0.25, 0.3) is 0 Å². The summed E-state index contributed by atoms with van der Waals surface area (Å²) in [5.74, 6) is -3.00. The summed E-state index contributed by atoms with van der Waals surface area (Å²) in [7, 11) is 0. The van der Waals surface area contributed by atoms with Gasteiger partial charge >= 0.3 is 6.18 Å². The van der Waals surface area contributed by atoms with Crippen LogP contribution >= 0.6 is 0 Å². The van der Waals surface area contributed by atoms with Crippen molar-refractivity contribution in [2.75, 3.05) is 18.4 Å². The fraction of sp³-hybridized carbons (Fsp3) is 0.429. The Morgan fingerprint density at radius 3 is 2.00 bits per heavy atom. The molecule has 0 aliphatic heterocycles. The van der Waals surface area contributed by atoms with Gasteiger partial charge in [-0.1, -0.05) is 25.1 Å². The zero-order valence-corrected chi connectivity index (χ0v) is 12.5. The van der Waals surface area contributed by atoms with Crippen LogP contribution in [0.4, 0.5) is 18.9 Å². The second-order valence-corrected chi connectivity index (χ2v) is 4.38. The van der Waals surface area contributed by atoms with Crippen LogP contribution in [-0.2, 0) is 9.59 Å². The van der Waals surface area contributed by atoms with E-state index < -0.39 is 12.1 Å². The number of aryl methyl sites for hydroxylation is 2. The summed E-state index contributed by atoms with van der Waals surface area (Å²) in [5, 5.41) is 14.7. The first-order chi connectivity index (χ1) is 10.1. The van der Waals surface area contributed by atoms with Crippen LogP contribution in [0.2, 0.25) is 0 Å². The molecule has 0 fully saturated rings. The number of carboxylic acids is 1. The number of aliphatic carboxylic acids is 1. The lowest BCUT2D eigenvalue weighted by atomic mass is 10.1. The normalized spacial score (nSPS) is 10.5. The molecule has 1 rings (SSSR count). The number of carbonyl (C=O) groups is 2. The highest BCUT2D eigenvalue weighted by Gasteiger charge is 2.28. The number of hydrogen-bond acceptors (Lipinski definition) is 4. The third-order valence-corrected chi connectivity index (χ3v) is 2.51. The van der Waals surface area contributed by atoms with E-state index in [1.807, 2.05) is 39.0 Å². The summed E-state index contributed by atoms with van der Waals surface area (Å²) in [6, 6.07) is 5.98. The van der Waals surface area contributed by atoms with E-state index in [4.69, 9.17) is 9.90 Å². The number of anilines is 1. The molecule has 0 saturated heterocycles. The standard InChI is InChI=1S/C12H18N2O.C2HF3O2/c1-4-13-8-11(15)14-12-9(2)6-5-7-10(12)3;3-2(4,5)1(6)7/h5-7,13H,4,8H2,1-3H3,(H,14,15);(H,6,7)/p-1. The Morgan fingerprint density at radius 2 is 1.64 bits per heavy atom. The van der Waals surface area contributed by atoms with Crippen LogP contribution in [0.1, 0.15) is 18.1 Å². The lowest BCUT2D eigenvalue weighted by Crippen LogP contribution is -2.37. The van der Waals surface area contributed by atoms with Crippen LogP contribution < -0.4 is 15.7 Å². The quantitative estimate of drug-likeness (QED) is 0.872. The summed E-state index contributed by atoms with van der Waals surface area (Å²) < 4.78 is 31.5. The van der Waals surface area contributed by atoms with Gasteiger partial charge in [-0.25, -0.2) is 0 Å². The molecule has 0 aliphatic rings. The molecule has 5 nitrogen and oxygen atoms in total. The van der Waals surface area contributed by atoms with Gasteiger partial charge in [-0.15, -0.1) is 0 Å². The van der Waals surface area contributed by atoms with Crippen molar-refractivity contribution in [3.05, 3.63) is 29.3 Å². The van der Waals surface area contributed by atoms with Crippen molar-refractivity contribution in [1.82, 2.24) is 5.32 Å². The number of likely N-dealkylation sites (N-methyl/N-ethyl adjacent to an activating group) is 1. The van der Waals surface area contributed by atoms with Crippen LogP contribution in [0.25, 0.3) is 0 Å². The molecule has 0 aliphatic carbocycles. The number of rotatable bonds is 4. The third-order valence-electron chi connectivity index (χ3n) is 2.51. The van der Waals surface area contributed by atoms with Crippen LogP contribution in [0.3, 0.4) is 0 Å². The summed E-state index contributed by atoms with van der Waals surface area (Å²) in [6.07, 6.45) is -5.19. The van der Waals surface area contributed by atoms with Gasteiger partial charge in [-0.05, 0) is 31.5 Å². The Balaban J connectivity index is 0.000000534. The number of carboxylic acid groups (broad SMARTS) is 1. The minimum absolute atomic E-state index is 0.00856. The molecule has 1 aromatic carbocycles. The van der Waals surface area contributed by atoms with Crippen molar-refractivity contribution in [2.45, 2.75) is 26.9 Å². The number of halogens is 3. The molecule has 0 bridgehead atoms.